The molecule has 0 aliphatic rings. The molecule has 1 heterocycles. The van der Waals surface area contributed by atoms with E-state index in [1.807, 2.05) is 19.9 Å². The van der Waals surface area contributed by atoms with Crippen LogP contribution in [-0.2, 0) is 0 Å². The molecule has 0 bridgehead atoms. The maximum atomic E-state index is 9.28. The fourth-order valence-corrected chi connectivity index (χ4v) is 2.37. The SMILES string of the molecule is CCC(CC)(CC)Nc1cc(C)nc(C)c1C#N. The van der Waals surface area contributed by atoms with Crippen molar-refractivity contribution in [2.24, 2.45) is 0 Å². The van der Waals surface area contributed by atoms with E-state index < -0.39 is 0 Å². The van der Waals surface area contributed by atoms with Crippen molar-refractivity contribution in [1.82, 2.24) is 4.98 Å². The van der Waals surface area contributed by atoms with Gasteiger partial charge in [0.2, 0.25) is 0 Å². The van der Waals surface area contributed by atoms with Crippen LogP contribution < -0.4 is 5.32 Å². The summed E-state index contributed by atoms with van der Waals surface area (Å²) in [6.07, 6.45) is 3.14. The summed E-state index contributed by atoms with van der Waals surface area (Å²) in [7, 11) is 0. The summed E-state index contributed by atoms with van der Waals surface area (Å²) in [5.41, 5.74) is 3.42. The highest BCUT2D eigenvalue weighted by Gasteiger charge is 2.25. The highest BCUT2D eigenvalue weighted by molar-refractivity contribution is 5.61. The van der Waals surface area contributed by atoms with Crippen molar-refractivity contribution in [3.63, 3.8) is 0 Å². The average Bonchev–Trinajstić information content (AvgIpc) is 2.35. The van der Waals surface area contributed by atoms with Crippen LogP contribution in [0.1, 0.15) is 57.0 Å². The molecule has 3 heteroatoms. The van der Waals surface area contributed by atoms with E-state index in [9.17, 15) is 5.26 Å². The van der Waals surface area contributed by atoms with Crippen LogP contribution in [0, 0.1) is 25.2 Å². The van der Waals surface area contributed by atoms with Crippen molar-refractivity contribution in [1.29, 1.82) is 5.26 Å². The number of hydrogen-bond acceptors (Lipinski definition) is 3. The van der Waals surface area contributed by atoms with E-state index in [0.29, 0.717) is 5.56 Å². The lowest BCUT2D eigenvalue weighted by Crippen LogP contribution is -2.36. The number of anilines is 1. The lowest BCUT2D eigenvalue weighted by Gasteiger charge is -2.33. The van der Waals surface area contributed by atoms with Gasteiger partial charge in [-0.05, 0) is 39.2 Å². The van der Waals surface area contributed by atoms with Crippen molar-refractivity contribution in [2.75, 3.05) is 5.32 Å². The fourth-order valence-electron chi connectivity index (χ4n) is 2.37. The lowest BCUT2D eigenvalue weighted by molar-refractivity contribution is 0.420. The molecule has 0 spiro atoms. The number of nitriles is 1. The minimum Gasteiger partial charge on any atom is -0.378 e. The average molecular weight is 245 g/mol. The zero-order valence-electron chi connectivity index (χ0n) is 12.1. The molecule has 0 radical (unpaired) electrons. The molecule has 0 unspecified atom stereocenters. The summed E-state index contributed by atoms with van der Waals surface area (Å²) in [4.78, 5) is 4.35. The summed E-state index contributed by atoms with van der Waals surface area (Å²) in [5, 5.41) is 12.9. The van der Waals surface area contributed by atoms with Crippen LogP contribution in [-0.4, -0.2) is 10.5 Å². The van der Waals surface area contributed by atoms with Gasteiger partial charge in [0.15, 0.2) is 0 Å². The van der Waals surface area contributed by atoms with Crippen LogP contribution in [0.4, 0.5) is 5.69 Å². The highest BCUT2D eigenvalue weighted by Crippen LogP contribution is 2.28. The molecule has 1 aromatic heterocycles. The Morgan fingerprint density at radius 2 is 1.78 bits per heavy atom. The fraction of sp³-hybridized carbons (Fsp3) is 0.600. The molecule has 3 nitrogen and oxygen atoms in total. The molecule has 0 saturated carbocycles. The molecule has 0 atom stereocenters. The van der Waals surface area contributed by atoms with Gasteiger partial charge in [0.25, 0.3) is 0 Å². The topological polar surface area (TPSA) is 48.7 Å². The Hall–Kier alpha value is -1.56. The van der Waals surface area contributed by atoms with E-state index in [-0.39, 0.29) is 5.54 Å². The van der Waals surface area contributed by atoms with E-state index in [1.165, 1.54) is 0 Å². The van der Waals surface area contributed by atoms with E-state index in [2.05, 4.69) is 37.1 Å². The third-order valence-corrected chi connectivity index (χ3v) is 3.87. The summed E-state index contributed by atoms with van der Waals surface area (Å²) >= 11 is 0. The Morgan fingerprint density at radius 1 is 1.22 bits per heavy atom. The Kier molecular flexibility index (Phi) is 4.72. The van der Waals surface area contributed by atoms with Gasteiger partial charge in [0, 0.05) is 11.2 Å². The number of nitrogens with zero attached hydrogens (tertiary/aromatic N) is 2. The van der Waals surface area contributed by atoms with Crippen molar-refractivity contribution in [2.45, 2.75) is 59.4 Å². The lowest BCUT2D eigenvalue weighted by atomic mass is 9.89. The minimum absolute atomic E-state index is 0.0752. The van der Waals surface area contributed by atoms with Gasteiger partial charge in [0.05, 0.1) is 16.9 Å². The van der Waals surface area contributed by atoms with E-state index >= 15 is 0 Å². The summed E-state index contributed by atoms with van der Waals surface area (Å²) in [5.74, 6) is 0. The quantitative estimate of drug-likeness (QED) is 0.854. The van der Waals surface area contributed by atoms with Gasteiger partial charge in [-0.25, -0.2) is 0 Å². The van der Waals surface area contributed by atoms with E-state index in [4.69, 9.17) is 0 Å². The molecular formula is C15H23N3. The van der Waals surface area contributed by atoms with Gasteiger partial charge in [-0.1, -0.05) is 20.8 Å². The highest BCUT2D eigenvalue weighted by atomic mass is 15.0. The summed E-state index contributed by atoms with van der Waals surface area (Å²) in [6, 6.07) is 4.23. The molecule has 1 rings (SSSR count). The molecule has 0 aliphatic carbocycles. The molecule has 0 aromatic carbocycles. The molecule has 0 aliphatic heterocycles. The Bertz CT molecular complexity index is 445. The van der Waals surface area contributed by atoms with Gasteiger partial charge in [-0.3, -0.25) is 4.98 Å². The Morgan fingerprint density at radius 3 is 2.22 bits per heavy atom. The molecule has 1 aromatic rings. The second-order valence-electron chi connectivity index (χ2n) is 4.85. The first-order valence-corrected chi connectivity index (χ1v) is 6.68. The molecule has 0 amide bonds. The first-order chi connectivity index (χ1) is 8.51. The van der Waals surface area contributed by atoms with E-state index in [1.54, 1.807) is 0 Å². The normalized spacial score (nSPS) is 11.1. The number of pyridine rings is 1. The van der Waals surface area contributed by atoms with Crippen LogP contribution in [0.2, 0.25) is 0 Å². The number of rotatable bonds is 5. The monoisotopic (exact) mass is 245 g/mol. The maximum Gasteiger partial charge on any atom is 0.103 e. The summed E-state index contributed by atoms with van der Waals surface area (Å²) < 4.78 is 0. The third-order valence-electron chi connectivity index (χ3n) is 3.87. The molecule has 98 valence electrons. The second kappa shape index (κ2) is 5.86. The van der Waals surface area contributed by atoms with Crippen LogP contribution in [0.5, 0.6) is 0 Å². The maximum absolute atomic E-state index is 9.28. The van der Waals surface area contributed by atoms with Gasteiger partial charge in [-0.15, -0.1) is 0 Å². The molecule has 0 saturated heterocycles. The van der Waals surface area contributed by atoms with Crippen LogP contribution in [0.15, 0.2) is 6.07 Å². The van der Waals surface area contributed by atoms with Crippen LogP contribution in [0.25, 0.3) is 0 Å². The largest absolute Gasteiger partial charge is 0.378 e. The molecule has 18 heavy (non-hydrogen) atoms. The van der Waals surface area contributed by atoms with Crippen molar-refractivity contribution in [3.05, 3.63) is 23.0 Å². The first-order valence-electron chi connectivity index (χ1n) is 6.68. The predicted molar refractivity (Wildman–Crippen MR) is 75.7 cm³/mol. The zero-order valence-corrected chi connectivity index (χ0v) is 12.1. The van der Waals surface area contributed by atoms with Gasteiger partial charge in [0.1, 0.15) is 6.07 Å². The molecule has 0 fully saturated rings. The van der Waals surface area contributed by atoms with Crippen molar-refractivity contribution in [3.8, 4) is 6.07 Å². The smallest absolute Gasteiger partial charge is 0.103 e. The summed E-state index contributed by atoms with van der Waals surface area (Å²) in [6.45, 7) is 10.4. The predicted octanol–water partition coefficient (Wildman–Crippen LogP) is 3.95. The number of aromatic nitrogens is 1. The van der Waals surface area contributed by atoms with Crippen molar-refractivity contribution < 1.29 is 0 Å². The third kappa shape index (κ3) is 2.81. The van der Waals surface area contributed by atoms with Gasteiger partial charge >= 0.3 is 0 Å². The minimum atomic E-state index is 0.0752. The van der Waals surface area contributed by atoms with Gasteiger partial charge < -0.3 is 5.32 Å². The van der Waals surface area contributed by atoms with Crippen LogP contribution in [0.3, 0.4) is 0 Å². The Labute approximate surface area is 110 Å². The van der Waals surface area contributed by atoms with E-state index in [0.717, 1.165) is 36.3 Å². The first kappa shape index (κ1) is 14.5. The Balaban J connectivity index is 3.22. The zero-order chi connectivity index (χ0) is 13.8. The number of aryl methyl sites for hydroxylation is 2. The van der Waals surface area contributed by atoms with Crippen LogP contribution >= 0.6 is 0 Å². The molecular weight excluding hydrogens is 222 g/mol. The van der Waals surface area contributed by atoms with Gasteiger partial charge in [-0.2, -0.15) is 5.26 Å². The number of nitrogens with one attached hydrogen (secondary N) is 1. The van der Waals surface area contributed by atoms with Crippen molar-refractivity contribution >= 4 is 5.69 Å². The molecule has 1 N–H and O–H groups in total. The number of hydrogen-bond donors (Lipinski definition) is 1. The standard InChI is InChI=1S/C15H23N3/c1-6-15(7-2,8-3)18-14-9-11(4)17-12(5)13(14)10-16/h9H,6-8H2,1-5H3,(H,17,18). The second-order valence-corrected chi connectivity index (χ2v) is 4.85.